The zero-order valence-corrected chi connectivity index (χ0v) is 44.3. The third kappa shape index (κ3) is 10.6. The van der Waals surface area contributed by atoms with E-state index in [2.05, 4.69) is 42.3 Å². The van der Waals surface area contributed by atoms with Crippen LogP contribution in [0.25, 0.3) is 26.7 Å². The third-order valence-electron chi connectivity index (χ3n) is 16.7. The Morgan fingerprint density at radius 1 is 0.855 bits per heavy atom. The Morgan fingerprint density at radius 3 is 2.39 bits per heavy atom. The number of aromatic nitrogens is 4. The molecule has 17 heteroatoms. The number of rotatable bonds is 18. The Labute approximate surface area is 446 Å². The lowest BCUT2D eigenvalue weighted by Gasteiger charge is -2.56. The minimum atomic E-state index is -0.532. The van der Waals surface area contributed by atoms with Crippen LogP contribution in [0.4, 0.5) is 16.6 Å². The van der Waals surface area contributed by atoms with E-state index in [-0.39, 0.29) is 47.1 Å². The van der Waals surface area contributed by atoms with Gasteiger partial charge in [0.15, 0.2) is 5.13 Å². The predicted octanol–water partition coefficient (Wildman–Crippen LogP) is 9.60. The molecule has 3 aromatic heterocycles. The highest BCUT2D eigenvalue weighted by molar-refractivity contribution is 7.22. The van der Waals surface area contributed by atoms with Gasteiger partial charge in [-0.1, -0.05) is 67.0 Å². The molecule has 0 radical (unpaired) electrons. The maximum absolute atomic E-state index is 14.4. The Morgan fingerprint density at radius 2 is 1.62 bits per heavy atom. The van der Waals surface area contributed by atoms with Crippen LogP contribution < -0.4 is 31.9 Å². The predicted molar refractivity (Wildman–Crippen MR) is 298 cm³/mol. The van der Waals surface area contributed by atoms with Crippen molar-refractivity contribution in [2.24, 2.45) is 40.9 Å². The third-order valence-corrected chi connectivity index (χ3v) is 17.7. The lowest BCUT2D eigenvalue weighted by atomic mass is 9.49. The van der Waals surface area contributed by atoms with Crippen molar-refractivity contribution < 1.29 is 24.0 Å². The summed E-state index contributed by atoms with van der Waals surface area (Å²) in [5.74, 6) is 1.33. The Kier molecular flexibility index (Phi) is 14.6. The van der Waals surface area contributed by atoms with Gasteiger partial charge >= 0.3 is 0 Å². The van der Waals surface area contributed by atoms with Crippen molar-refractivity contribution in [1.82, 2.24) is 30.4 Å². The van der Waals surface area contributed by atoms with Crippen LogP contribution in [0.15, 0.2) is 84.0 Å². The molecule has 16 nitrogen and oxygen atoms in total. The second-order valence-corrected chi connectivity index (χ2v) is 23.1. The zero-order chi connectivity index (χ0) is 52.5. The molecule has 5 heterocycles. The number of aliphatic imine (C=N–C) groups is 1. The number of anilines is 3. The normalized spacial score (nSPS) is 22.2. The summed E-state index contributed by atoms with van der Waals surface area (Å²) >= 11 is 1.45. The summed E-state index contributed by atoms with van der Waals surface area (Å²) in [6, 6.07) is 23.2. The second kappa shape index (κ2) is 21.8. The molecule has 6 N–H and O–H groups in total. The first-order valence-electron chi connectivity index (χ1n) is 27.3. The van der Waals surface area contributed by atoms with E-state index in [1.54, 1.807) is 17.9 Å². The Hall–Kier alpha value is -7.27. The number of amides is 5. The van der Waals surface area contributed by atoms with Gasteiger partial charge in [0.05, 0.1) is 33.0 Å². The van der Waals surface area contributed by atoms with Gasteiger partial charge in [-0.3, -0.25) is 44.3 Å². The minimum Gasteiger partial charge on any atom is -0.404 e. The van der Waals surface area contributed by atoms with Gasteiger partial charge in [0, 0.05) is 80.1 Å². The molecule has 6 aromatic rings. The number of benzene rings is 3. The molecule has 5 amide bonds. The lowest BCUT2D eigenvalue weighted by molar-refractivity contribution is -0.134. The summed E-state index contributed by atoms with van der Waals surface area (Å²) in [5, 5.41) is 17.7. The van der Waals surface area contributed by atoms with E-state index in [4.69, 9.17) is 15.7 Å². The number of pyridine rings is 1. The molecule has 4 bridgehead atoms. The summed E-state index contributed by atoms with van der Waals surface area (Å²) in [7, 11) is 1.79. The fourth-order valence-electron chi connectivity index (χ4n) is 13.5. The van der Waals surface area contributed by atoms with Gasteiger partial charge in [-0.15, -0.1) is 0 Å². The Bertz CT molecular complexity index is 3250. The first-order valence-corrected chi connectivity index (χ1v) is 28.1. The molecular weight excluding hydrogens is 975 g/mol. The summed E-state index contributed by atoms with van der Waals surface area (Å²) in [6.45, 7) is 4.32. The van der Waals surface area contributed by atoms with Gasteiger partial charge in [-0.25, -0.2) is 9.97 Å². The lowest BCUT2D eigenvalue weighted by Crippen LogP contribution is -2.47. The average Bonchev–Trinajstić information content (AvgIpc) is 4.01. The summed E-state index contributed by atoms with van der Waals surface area (Å²) in [6.07, 6.45) is 15.2. The number of unbranched alkanes of at least 4 members (excludes halogenated alkanes) is 4. The maximum Gasteiger partial charge on any atom is 0.270 e. The number of nitrogens with one attached hydrogen (secondary N) is 4. The topological polar surface area (TPSA) is 219 Å². The molecule has 1 saturated heterocycles. The number of fused-ring (bicyclic) bond motifs is 3. The van der Waals surface area contributed by atoms with E-state index >= 15 is 0 Å². The van der Waals surface area contributed by atoms with E-state index in [0.29, 0.717) is 84.3 Å². The fourth-order valence-corrected chi connectivity index (χ4v) is 14.3. The maximum atomic E-state index is 14.4. The molecule has 5 fully saturated rings. The van der Waals surface area contributed by atoms with Gasteiger partial charge in [0.1, 0.15) is 11.5 Å². The monoisotopic (exact) mass is 1040 g/mol. The van der Waals surface area contributed by atoms with Crippen molar-refractivity contribution >= 4 is 89.9 Å². The number of nitrogens with zero attached hydrogens (tertiary/aromatic N) is 6. The molecule has 2 aliphatic heterocycles. The van der Waals surface area contributed by atoms with E-state index in [0.717, 1.165) is 87.9 Å². The zero-order valence-electron chi connectivity index (χ0n) is 43.5. The molecule has 394 valence electrons. The molecule has 0 spiro atoms. The SMILES string of the molecule is CC(=NCC12CC3CC(CC(C3)C1)C2)C(=CN)c1ccc(N2CCc3cccc(C(=O)Nc4nc5ccccc5s4)c3C2)nc1C(=O)NCCCCCCCC(=O)Nc1cccc2c(C3CCC(=O)NC3=O)nn(C)c12. The molecule has 76 heavy (non-hydrogen) atoms. The fraction of sp³-hybridized carbons (Fsp3) is 0.441. The van der Waals surface area contributed by atoms with Gasteiger partial charge in [0.25, 0.3) is 11.8 Å². The highest BCUT2D eigenvalue weighted by Crippen LogP contribution is 2.60. The van der Waals surface area contributed by atoms with Crippen LogP contribution in [-0.2, 0) is 34.4 Å². The van der Waals surface area contributed by atoms with Crippen LogP contribution >= 0.6 is 11.3 Å². The van der Waals surface area contributed by atoms with Crippen LogP contribution in [0, 0.1) is 23.2 Å². The largest absolute Gasteiger partial charge is 0.404 e. The quantitative estimate of drug-likeness (QED) is 0.0312. The standard InChI is InChI=1S/C59H67N11O5S/c1-35(62-34-59-29-36-26-37(30-59)28-38(27-36)31-59)44(32-60)40-19-21-49(70-25-23-39-12-10-13-41(45(39)33-70)55(73)67-58-64-46-15-7-8-17-48(46)76-58)65-53(40)57(75)61-24-9-5-3-4-6-18-50(71)63-47-16-11-14-42-52(68-69(2)54(42)47)43-20-22-51(72)66-56(43)74/h7-8,10-17,19,21,32,36-38,43H,3-6,9,18,20,22-31,33-34,60H2,1-2H3,(H,61,75)(H,63,71)(H,64,67,73)(H,66,72,74). The summed E-state index contributed by atoms with van der Waals surface area (Å²) in [5.41, 5.74) is 14.5. The van der Waals surface area contributed by atoms with Crippen LogP contribution in [0.5, 0.6) is 0 Å². The first kappa shape index (κ1) is 50.9. The van der Waals surface area contributed by atoms with Gasteiger partial charge < -0.3 is 21.3 Å². The van der Waals surface area contributed by atoms with Crippen molar-refractivity contribution in [3.63, 3.8) is 0 Å². The van der Waals surface area contributed by atoms with Gasteiger partial charge in [0.2, 0.25) is 17.7 Å². The van der Waals surface area contributed by atoms with E-state index in [9.17, 15) is 24.0 Å². The smallest absolute Gasteiger partial charge is 0.270 e. The van der Waals surface area contributed by atoms with Crippen LogP contribution in [0.2, 0.25) is 0 Å². The highest BCUT2D eigenvalue weighted by Gasteiger charge is 2.50. The van der Waals surface area contributed by atoms with E-state index < -0.39 is 5.92 Å². The van der Waals surface area contributed by atoms with Crippen molar-refractivity contribution in [3.8, 4) is 0 Å². The van der Waals surface area contributed by atoms with Crippen LogP contribution in [0.1, 0.15) is 146 Å². The number of carbonyl (C=O) groups is 5. The van der Waals surface area contributed by atoms with Crippen LogP contribution in [0.3, 0.4) is 0 Å². The number of thiazole rings is 1. The molecule has 3 aromatic carbocycles. The molecule has 1 atom stereocenters. The van der Waals surface area contributed by atoms with E-state index in [1.807, 2.05) is 73.7 Å². The summed E-state index contributed by atoms with van der Waals surface area (Å²) < 4.78 is 2.69. The van der Waals surface area contributed by atoms with Crippen molar-refractivity contribution in [1.29, 1.82) is 0 Å². The number of carbonyl (C=O) groups excluding carboxylic acids is 5. The number of hydrogen-bond acceptors (Lipinski definition) is 12. The second-order valence-electron chi connectivity index (χ2n) is 22.1. The molecule has 6 aliphatic rings. The number of para-hydroxylation sites is 2. The van der Waals surface area contributed by atoms with Crippen LogP contribution in [-0.4, -0.2) is 74.6 Å². The highest BCUT2D eigenvalue weighted by atomic mass is 32.1. The molecule has 12 rings (SSSR count). The van der Waals surface area contributed by atoms with Crippen molar-refractivity contribution in [2.75, 3.05) is 35.2 Å². The number of aryl methyl sites for hydroxylation is 1. The first-order chi connectivity index (χ1) is 36.9. The molecular formula is C59H67N11O5S. The van der Waals surface area contributed by atoms with Gasteiger partial charge in [-0.2, -0.15) is 5.10 Å². The number of piperidine rings is 1. The minimum absolute atomic E-state index is 0.103. The Balaban J connectivity index is 0.734. The average molecular weight is 1040 g/mol. The number of nitrogens with two attached hydrogens (primary N) is 1. The number of imide groups is 1. The summed E-state index contributed by atoms with van der Waals surface area (Å²) in [4.78, 5) is 83.1. The van der Waals surface area contributed by atoms with Gasteiger partial charge in [-0.05, 0) is 142 Å². The van der Waals surface area contributed by atoms with Crippen molar-refractivity contribution in [2.45, 2.75) is 116 Å². The molecule has 1 unspecified atom stereocenters. The van der Waals surface area contributed by atoms with E-state index in [1.165, 1.54) is 49.9 Å². The molecule has 4 aliphatic carbocycles. The number of allylic oxidation sites excluding steroid dienone is 1. The van der Waals surface area contributed by atoms with Crippen molar-refractivity contribution in [3.05, 3.63) is 113 Å². The molecule has 4 saturated carbocycles. The number of hydrogen-bond donors (Lipinski definition) is 5.